The predicted molar refractivity (Wildman–Crippen MR) is 103 cm³/mol. The van der Waals surface area contributed by atoms with E-state index in [0.717, 1.165) is 4.90 Å². The Kier molecular flexibility index (Phi) is 7.41. The second kappa shape index (κ2) is 9.48. The molecule has 14 heteroatoms. The van der Waals surface area contributed by atoms with Crippen LogP contribution in [-0.4, -0.2) is 66.4 Å². The van der Waals surface area contributed by atoms with Crippen LogP contribution < -0.4 is 11.1 Å². The molecule has 10 nitrogen and oxygen atoms in total. The molecule has 4 atom stereocenters. The maximum atomic E-state index is 12.3. The molecular weight excluding hydrogens is 459 g/mol. The third kappa shape index (κ3) is 5.13. The highest BCUT2D eigenvalue weighted by atomic mass is 32.2. The van der Waals surface area contributed by atoms with Gasteiger partial charge >= 0.3 is 18.1 Å². The number of benzene rings is 1. The Labute approximate surface area is 181 Å². The summed E-state index contributed by atoms with van der Waals surface area (Å²) in [6.45, 7) is 1.53. The van der Waals surface area contributed by atoms with Crippen molar-refractivity contribution in [3.63, 3.8) is 0 Å². The van der Waals surface area contributed by atoms with Gasteiger partial charge in [0.1, 0.15) is 23.2 Å². The van der Waals surface area contributed by atoms with E-state index in [-0.39, 0.29) is 11.4 Å². The second-order valence-electron chi connectivity index (χ2n) is 6.74. The maximum absolute atomic E-state index is 12.3. The predicted octanol–water partition coefficient (Wildman–Crippen LogP) is 0.0937. The van der Waals surface area contributed by atoms with E-state index in [1.807, 2.05) is 0 Å². The molecular formula is C18H18F3N3O7S. The topological polar surface area (TPSA) is 167 Å². The molecule has 2 aliphatic rings. The minimum Gasteiger partial charge on any atom is -0.477 e. The molecule has 174 valence electrons. The fourth-order valence-electron chi connectivity index (χ4n) is 3.02. The minimum atomic E-state index is -5.08. The number of aliphatic carboxylic acids is 2. The molecule has 2 aliphatic heterocycles. The molecule has 1 aromatic rings. The number of halogens is 3. The average Bonchev–Trinajstić information content (AvgIpc) is 2.71. The summed E-state index contributed by atoms with van der Waals surface area (Å²) in [5, 5.41) is 18.0. The molecule has 0 bridgehead atoms. The summed E-state index contributed by atoms with van der Waals surface area (Å²) in [7, 11) is -1.49. The van der Waals surface area contributed by atoms with Gasteiger partial charge < -0.3 is 21.3 Å². The Morgan fingerprint density at radius 1 is 1.22 bits per heavy atom. The molecule has 32 heavy (non-hydrogen) atoms. The highest BCUT2D eigenvalue weighted by molar-refractivity contribution is 7.86. The van der Waals surface area contributed by atoms with Gasteiger partial charge in [-0.25, -0.2) is 9.59 Å². The average molecular weight is 477 g/mol. The quantitative estimate of drug-likeness (QED) is 0.443. The van der Waals surface area contributed by atoms with Gasteiger partial charge in [-0.05, 0) is 18.1 Å². The number of nitrogens with one attached hydrogen (secondary N) is 1. The summed E-state index contributed by atoms with van der Waals surface area (Å²) in [6, 6.07) is 6.62. The van der Waals surface area contributed by atoms with E-state index in [1.54, 1.807) is 30.3 Å². The summed E-state index contributed by atoms with van der Waals surface area (Å²) < 4.78 is 44.1. The highest BCUT2D eigenvalue weighted by Gasteiger charge is 2.56. The van der Waals surface area contributed by atoms with Crippen molar-refractivity contribution >= 4 is 34.6 Å². The molecule has 1 fully saturated rings. The number of nitrogens with zero attached hydrogens (tertiary/aromatic N) is 1. The monoisotopic (exact) mass is 477 g/mol. The summed E-state index contributed by atoms with van der Waals surface area (Å²) >= 11 is 0. The maximum Gasteiger partial charge on any atom is 0.490 e. The van der Waals surface area contributed by atoms with Crippen molar-refractivity contribution in [2.24, 2.45) is 5.73 Å². The number of nitrogens with two attached hydrogens (primary N) is 1. The molecule has 0 spiro atoms. The first kappa shape index (κ1) is 25.0. The van der Waals surface area contributed by atoms with E-state index in [1.165, 1.54) is 6.92 Å². The van der Waals surface area contributed by atoms with Crippen LogP contribution in [0, 0.1) is 0 Å². The first-order valence-corrected chi connectivity index (χ1v) is 10.2. The summed E-state index contributed by atoms with van der Waals surface area (Å²) in [5.41, 5.74) is 6.69. The SMILES string of the molecule is CC1=C(C(=O)O)N2C(=O)[C@@H](NC(=O)[C@H](N)c3ccccc3)C2S(=O)C1.O=C(O)C(F)(F)F. The number of carbonyl (C=O) groups is 4. The van der Waals surface area contributed by atoms with E-state index < -0.39 is 58.2 Å². The van der Waals surface area contributed by atoms with Crippen molar-refractivity contribution in [2.45, 2.75) is 30.6 Å². The van der Waals surface area contributed by atoms with Gasteiger partial charge in [0.05, 0.1) is 10.8 Å². The minimum absolute atomic E-state index is 0.0488. The summed E-state index contributed by atoms with van der Waals surface area (Å²) in [5.74, 6) is -5.13. The normalized spacial score (nSPS) is 23.2. The molecule has 0 radical (unpaired) electrons. The van der Waals surface area contributed by atoms with E-state index in [9.17, 15) is 36.9 Å². The lowest BCUT2D eigenvalue weighted by Gasteiger charge is -2.49. The van der Waals surface area contributed by atoms with Gasteiger partial charge in [-0.1, -0.05) is 30.3 Å². The van der Waals surface area contributed by atoms with Gasteiger partial charge in [0.25, 0.3) is 5.91 Å². The van der Waals surface area contributed by atoms with Gasteiger partial charge in [-0.3, -0.25) is 18.7 Å². The van der Waals surface area contributed by atoms with E-state index >= 15 is 0 Å². The third-order valence-corrected chi connectivity index (χ3v) is 6.24. The number of carboxylic acids is 2. The molecule has 1 aromatic carbocycles. The third-order valence-electron chi connectivity index (χ3n) is 4.50. The Balaban J connectivity index is 0.000000451. The number of β-lactam (4-membered cyclic amide) rings is 1. The van der Waals surface area contributed by atoms with Gasteiger partial charge in [0, 0.05) is 5.75 Å². The van der Waals surface area contributed by atoms with Crippen LogP contribution in [0.1, 0.15) is 18.5 Å². The number of carbonyl (C=O) groups excluding carboxylic acids is 2. The molecule has 2 heterocycles. The Hall–Kier alpha value is -3.26. The van der Waals surface area contributed by atoms with Gasteiger partial charge in [0.15, 0.2) is 0 Å². The molecule has 2 amide bonds. The lowest BCUT2D eigenvalue weighted by atomic mass is 10.0. The van der Waals surface area contributed by atoms with E-state index in [0.29, 0.717) is 11.1 Å². The van der Waals surface area contributed by atoms with Gasteiger partial charge in [0.2, 0.25) is 5.91 Å². The summed E-state index contributed by atoms with van der Waals surface area (Å²) in [4.78, 5) is 45.9. The van der Waals surface area contributed by atoms with Crippen molar-refractivity contribution in [3.8, 4) is 0 Å². The number of rotatable bonds is 4. The Morgan fingerprint density at radius 2 is 1.75 bits per heavy atom. The zero-order chi connectivity index (χ0) is 24.4. The zero-order valence-electron chi connectivity index (χ0n) is 16.3. The molecule has 5 N–H and O–H groups in total. The van der Waals surface area contributed by atoms with E-state index in [4.69, 9.17) is 15.6 Å². The molecule has 1 saturated heterocycles. The fraction of sp³-hybridized carbons (Fsp3) is 0.333. The number of fused-ring (bicyclic) bond motifs is 1. The number of amides is 2. The van der Waals surface area contributed by atoms with Crippen LogP contribution in [-0.2, 0) is 30.0 Å². The Morgan fingerprint density at radius 3 is 2.22 bits per heavy atom. The van der Waals surface area contributed by atoms with Crippen LogP contribution in [0.5, 0.6) is 0 Å². The molecule has 2 unspecified atom stereocenters. The summed E-state index contributed by atoms with van der Waals surface area (Å²) in [6.07, 6.45) is -5.08. The van der Waals surface area contributed by atoms with Crippen molar-refractivity contribution in [1.82, 2.24) is 10.2 Å². The molecule has 0 aromatic heterocycles. The number of alkyl halides is 3. The molecule has 0 aliphatic carbocycles. The lowest BCUT2D eigenvalue weighted by Crippen LogP contribution is -2.73. The van der Waals surface area contributed by atoms with Crippen LogP contribution in [0.2, 0.25) is 0 Å². The second-order valence-corrected chi connectivity index (χ2v) is 8.27. The van der Waals surface area contributed by atoms with E-state index in [2.05, 4.69) is 5.32 Å². The first-order chi connectivity index (χ1) is 14.8. The highest BCUT2D eigenvalue weighted by Crippen LogP contribution is 2.34. The van der Waals surface area contributed by atoms with Crippen LogP contribution in [0.25, 0.3) is 0 Å². The Bertz CT molecular complexity index is 997. The smallest absolute Gasteiger partial charge is 0.477 e. The van der Waals surface area contributed by atoms with Crippen molar-refractivity contribution in [3.05, 3.63) is 47.2 Å². The number of hydrogen-bond donors (Lipinski definition) is 4. The van der Waals surface area contributed by atoms with Crippen molar-refractivity contribution < 1.29 is 46.8 Å². The van der Waals surface area contributed by atoms with Crippen LogP contribution in [0.15, 0.2) is 41.6 Å². The van der Waals surface area contributed by atoms with Crippen molar-refractivity contribution in [2.75, 3.05) is 5.75 Å². The van der Waals surface area contributed by atoms with Crippen LogP contribution in [0.3, 0.4) is 0 Å². The number of carboxylic acid groups (broad SMARTS) is 2. The van der Waals surface area contributed by atoms with Crippen LogP contribution >= 0.6 is 0 Å². The standard InChI is InChI=1S/C16H17N3O5S.C2HF3O2/c1-8-7-25(24)15-11(14(21)19(15)12(8)16(22)23)18-13(20)10(17)9-5-3-2-4-6-9;3-2(4,5)1(6)7/h2-6,10-11,15H,7,17H2,1H3,(H,18,20)(H,22,23);(H,6,7)/t10-,11-,15?,25?;/m1./s1. The lowest BCUT2D eigenvalue weighted by molar-refractivity contribution is -0.192. The first-order valence-electron chi connectivity index (χ1n) is 8.81. The van der Waals surface area contributed by atoms with Crippen LogP contribution in [0.4, 0.5) is 13.2 Å². The molecule has 0 saturated carbocycles. The fourth-order valence-corrected chi connectivity index (χ4v) is 4.68. The molecule has 3 rings (SSSR count). The largest absolute Gasteiger partial charge is 0.490 e. The van der Waals surface area contributed by atoms with Gasteiger partial charge in [-0.2, -0.15) is 13.2 Å². The van der Waals surface area contributed by atoms with Crippen molar-refractivity contribution in [1.29, 1.82) is 0 Å². The zero-order valence-corrected chi connectivity index (χ0v) is 17.1. The van der Waals surface area contributed by atoms with Gasteiger partial charge in [-0.15, -0.1) is 0 Å². The number of hydrogen-bond acceptors (Lipinski definition) is 6.